The van der Waals surface area contributed by atoms with Gasteiger partial charge in [-0.05, 0) is 37.5 Å². The Kier molecular flexibility index (Phi) is 6.09. The molecule has 2 N–H and O–H groups in total. The molecular formula is C15H19ClN4O. The Morgan fingerprint density at radius 3 is 2.95 bits per heavy atom. The number of nitrogens with one attached hydrogen (secondary N) is 2. The maximum Gasteiger partial charge on any atom is 0.319 e. The molecule has 1 aromatic carbocycles. The van der Waals surface area contributed by atoms with Crippen molar-refractivity contribution < 1.29 is 4.79 Å². The van der Waals surface area contributed by atoms with E-state index in [0.717, 1.165) is 25.8 Å². The summed E-state index contributed by atoms with van der Waals surface area (Å²) < 4.78 is 2.05. The number of unbranched alkanes of at least 4 members (excludes halogenated alkanes) is 2. The highest BCUT2D eigenvalue weighted by molar-refractivity contribution is 6.30. The molecule has 0 fully saturated rings. The summed E-state index contributed by atoms with van der Waals surface area (Å²) in [6.45, 7) is 1.63. The summed E-state index contributed by atoms with van der Waals surface area (Å²) in [6.07, 6.45) is 8.65. The predicted molar refractivity (Wildman–Crippen MR) is 84.6 cm³/mol. The lowest BCUT2D eigenvalue weighted by Crippen LogP contribution is -2.29. The number of aryl methyl sites for hydroxylation is 1. The number of imidazole rings is 1. The zero-order chi connectivity index (χ0) is 14.9. The van der Waals surface area contributed by atoms with E-state index < -0.39 is 0 Å². The number of nitrogens with zero attached hydrogens (tertiary/aromatic N) is 2. The summed E-state index contributed by atoms with van der Waals surface area (Å²) in [6, 6.07) is 6.88. The van der Waals surface area contributed by atoms with Crippen molar-refractivity contribution in [2.24, 2.45) is 0 Å². The number of halogens is 1. The third kappa shape index (κ3) is 5.87. The molecule has 0 spiro atoms. The van der Waals surface area contributed by atoms with E-state index in [-0.39, 0.29) is 6.03 Å². The van der Waals surface area contributed by atoms with Gasteiger partial charge < -0.3 is 15.2 Å². The molecule has 0 aliphatic rings. The van der Waals surface area contributed by atoms with Crippen LogP contribution in [0.4, 0.5) is 10.5 Å². The Labute approximate surface area is 129 Å². The second-order valence-corrected chi connectivity index (χ2v) is 5.19. The quantitative estimate of drug-likeness (QED) is 0.769. The summed E-state index contributed by atoms with van der Waals surface area (Å²) in [5.74, 6) is 0. The Hall–Kier alpha value is -2.01. The van der Waals surface area contributed by atoms with Gasteiger partial charge in [0.2, 0.25) is 0 Å². The van der Waals surface area contributed by atoms with Crippen LogP contribution in [-0.4, -0.2) is 22.1 Å². The Morgan fingerprint density at radius 2 is 2.19 bits per heavy atom. The van der Waals surface area contributed by atoms with Crippen molar-refractivity contribution in [2.75, 3.05) is 11.9 Å². The first-order chi connectivity index (χ1) is 10.2. The lowest BCUT2D eigenvalue weighted by atomic mass is 10.2. The van der Waals surface area contributed by atoms with Gasteiger partial charge in [-0.2, -0.15) is 0 Å². The number of amides is 2. The van der Waals surface area contributed by atoms with Gasteiger partial charge in [-0.3, -0.25) is 0 Å². The molecule has 1 aromatic heterocycles. The lowest BCUT2D eigenvalue weighted by molar-refractivity contribution is 0.252. The summed E-state index contributed by atoms with van der Waals surface area (Å²) >= 11 is 5.85. The van der Waals surface area contributed by atoms with Gasteiger partial charge in [0, 0.05) is 36.2 Å². The molecule has 2 amide bonds. The number of aromatic nitrogens is 2. The molecule has 0 saturated heterocycles. The second kappa shape index (κ2) is 8.32. The number of carbonyl (C=O) groups excluding carboxylic acids is 1. The fourth-order valence-electron chi connectivity index (χ4n) is 1.96. The number of hydrogen-bond acceptors (Lipinski definition) is 2. The SMILES string of the molecule is O=C(NCCCCCn1ccnc1)Nc1cccc(Cl)c1. The molecule has 21 heavy (non-hydrogen) atoms. The molecular weight excluding hydrogens is 288 g/mol. The second-order valence-electron chi connectivity index (χ2n) is 4.75. The topological polar surface area (TPSA) is 59.0 Å². The average molecular weight is 307 g/mol. The van der Waals surface area contributed by atoms with Crippen molar-refractivity contribution in [3.8, 4) is 0 Å². The van der Waals surface area contributed by atoms with Crippen LogP contribution in [0.1, 0.15) is 19.3 Å². The molecule has 2 aromatic rings. The third-order valence-electron chi connectivity index (χ3n) is 3.02. The zero-order valence-electron chi connectivity index (χ0n) is 11.8. The number of urea groups is 1. The fourth-order valence-corrected chi connectivity index (χ4v) is 2.15. The van der Waals surface area contributed by atoms with E-state index in [2.05, 4.69) is 20.2 Å². The Morgan fingerprint density at radius 1 is 1.29 bits per heavy atom. The predicted octanol–water partition coefficient (Wildman–Crippen LogP) is 3.53. The van der Waals surface area contributed by atoms with Crippen LogP contribution in [0.15, 0.2) is 43.0 Å². The largest absolute Gasteiger partial charge is 0.338 e. The molecule has 0 radical (unpaired) electrons. The molecule has 0 aliphatic heterocycles. The minimum absolute atomic E-state index is 0.202. The summed E-state index contributed by atoms with van der Waals surface area (Å²) in [4.78, 5) is 15.7. The van der Waals surface area contributed by atoms with Gasteiger partial charge in [-0.15, -0.1) is 0 Å². The highest BCUT2D eigenvalue weighted by Gasteiger charge is 2.01. The maximum absolute atomic E-state index is 11.7. The van der Waals surface area contributed by atoms with E-state index in [1.54, 1.807) is 30.5 Å². The number of benzene rings is 1. The van der Waals surface area contributed by atoms with Gasteiger partial charge in [-0.1, -0.05) is 17.7 Å². The van der Waals surface area contributed by atoms with Gasteiger partial charge in [-0.25, -0.2) is 9.78 Å². The van der Waals surface area contributed by atoms with Crippen molar-refractivity contribution in [3.63, 3.8) is 0 Å². The molecule has 6 heteroatoms. The number of rotatable bonds is 7. The van der Waals surface area contributed by atoms with Crippen LogP contribution >= 0.6 is 11.6 Å². The van der Waals surface area contributed by atoms with E-state index >= 15 is 0 Å². The Balaban J connectivity index is 1.55. The smallest absolute Gasteiger partial charge is 0.319 e. The van der Waals surface area contributed by atoms with Crippen LogP contribution in [0.5, 0.6) is 0 Å². The highest BCUT2D eigenvalue weighted by atomic mass is 35.5. The summed E-state index contributed by atoms with van der Waals surface area (Å²) in [7, 11) is 0. The molecule has 0 saturated carbocycles. The molecule has 112 valence electrons. The fraction of sp³-hybridized carbons (Fsp3) is 0.333. The first-order valence-electron chi connectivity index (χ1n) is 7.00. The zero-order valence-corrected chi connectivity index (χ0v) is 12.5. The van der Waals surface area contributed by atoms with Gasteiger partial charge >= 0.3 is 6.03 Å². The molecule has 2 rings (SSSR count). The summed E-state index contributed by atoms with van der Waals surface area (Å²) in [5.41, 5.74) is 0.695. The number of anilines is 1. The van der Waals surface area contributed by atoms with E-state index in [1.165, 1.54) is 0 Å². The molecule has 0 bridgehead atoms. The normalized spacial score (nSPS) is 10.3. The van der Waals surface area contributed by atoms with E-state index in [4.69, 9.17) is 11.6 Å². The van der Waals surface area contributed by atoms with Crippen LogP contribution in [0.3, 0.4) is 0 Å². The Bertz CT molecular complexity index is 557. The molecule has 0 unspecified atom stereocenters. The van der Waals surface area contributed by atoms with Crippen LogP contribution in [0.25, 0.3) is 0 Å². The van der Waals surface area contributed by atoms with E-state index in [0.29, 0.717) is 17.3 Å². The van der Waals surface area contributed by atoms with Gasteiger partial charge in [0.05, 0.1) is 6.33 Å². The van der Waals surface area contributed by atoms with Crippen LogP contribution in [-0.2, 0) is 6.54 Å². The van der Waals surface area contributed by atoms with Crippen molar-refractivity contribution >= 4 is 23.3 Å². The van der Waals surface area contributed by atoms with Crippen molar-refractivity contribution in [2.45, 2.75) is 25.8 Å². The average Bonchev–Trinajstić information content (AvgIpc) is 2.96. The molecule has 0 atom stereocenters. The molecule has 5 nitrogen and oxygen atoms in total. The van der Waals surface area contributed by atoms with Gasteiger partial charge in [0.15, 0.2) is 0 Å². The van der Waals surface area contributed by atoms with Crippen molar-refractivity contribution in [1.82, 2.24) is 14.9 Å². The number of carbonyl (C=O) groups is 1. The van der Waals surface area contributed by atoms with E-state index in [9.17, 15) is 4.79 Å². The molecule has 0 aliphatic carbocycles. The summed E-state index contributed by atoms with van der Waals surface area (Å²) in [5, 5.41) is 6.19. The third-order valence-corrected chi connectivity index (χ3v) is 3.26. The standard InChI is InChI=1S/C15H19ClN4O/c16-13-5-4-6-14(11-13)19-15(21)18-7-2-1-3-9-20-10-8-17-12-20/h4-6,8,10-12H,1-3,7,9H2,(H2,18,19,21). The monoisotopic (exact) mass is 306 g/mol. The van der Waals surface area contributed by atoms with E-state index in [1.807, 2.05) is 12.5 Å². The molecule has 1 heterocycles. The first kappa shape index (κ1) is 15.4. The lowest BCUT2D eigenvalue weighted by Gasteiger charge is -2.08. The van der Waals surface area contributed by atoms with Crippen LogP contribution < -0.4 is 10.6 Å². The number of hydrogen-bond donors (Lipinski definition) is 2. The van der Waals surface area contributed by atoms with Crippen molar-refractivity contribution in [1.29, 1.82) is 0 Å². The van der Waals surface area contributed by atoms with Crippen LogP contribution in [0, 0.1) is 0 Å². The highest BCUT2D eigenvalue weighted by Crippen LogP contribution is 2.14. The minimum Gasteiger partial charge on any atom is -0.338 e. The van der Waals surface area contributed by atoms with Crippen molar-refractivity contribution in [3.05, 3.63) is 48.0 Å². The minimum atomic E-state index is -0.202. The van der Waals surface area contributed by atoms with Gasteiger partial charge in [0.1, 0.15) is 0 Å². The first-order valence-corrected chi connectivity index (χ1v) is 7.38. The van der Waals surface area contributed by atoms with Crippen LogP contribution in [0.2, 0.25) is 5.02 Å². The van der Waals surface area contributed by atoms with Gasteiger partial charge in [0.25, 0.3) is 0 Å². The maximum atomic E-state index is 11.7.